The van der Waals surface area contributed by atoms with Crippen molar-refractivity contribution >= 4 is 5.91 Å². The Labute approximate surface area is 117 Å². The Morgan fingerprint density at radius 3 is 2.75 bits per heavy atom. The average molecular weight is 280 g/mol. The standard InChI is InChI=1S/C15H18F2N2O/c16-12-1-2-13(17)11(7-12)9-19-10-15(8-14(19)20)3-5-18-6-4-15/h1-2,7,18H,3-6,8-10H2. The second kappa shape index (κ2) is 5.13. The summed E-state index contributed by atoms with van der Waals surface area (Å²) in [6.45, 7) is 2.67. The minimum atomic E-state index is -0.468. The van der Waals surface area contributed by atoms with Crippen molar-refractivity contribution in [3.63, 3.8) is 0 Å². The summed E-state index contributed by atoms with van der Waals surface area (Å²) in [5.74, 6) is -0.870. The summed E-state index contributed by atoms with van der Waals surface area (Å²) in [5, 5.41) is 3.29. The van der Waals surface area contributed by atoms with E-state index in [2.05, 4.69) is 5.32 Å². The zero-order valence-corrected chi connectivity index (χ0v) is 11.3. The first-order chi connectivity index (χ1) is 9.58. The first kappa shape index (κ1) is 13.5. The SMILES string of the molecule is O=C1CC2(CCNCC2)CN1Cc1cc(F)ccc1F. The summed E-state index contributed by atoms with van der Waals surface area (Å²) in [6, 6.07) is 3.39. The van der Waals surface area contributed by atoms with E-state index in [1.54, 1.807) is 4.90 Å². The van der Waals surface area contributed by atoms with Gasteiger partial charge >= 0.3 is 0 Å². The molecule has 0 bridgehead atoms. The third-order valence-electron chi connectivity index (χ3n) is 4.44. The molecule has 0 aromatic heterocycles. The Morgan fingerprint density at radius 1 is 1.25 bits per heavy atom. The second-order valence-corrected chi connectivity index (χ2v) is 5.91. The van der Waals surface area contributed by atoms with Crippen LogP contribution in [0.25, 0.3) is 0 Å². The molecule has 3 rings (SSSR count). The number of hydrogen-bond acceptors (Lipinski definition) is 2. The van der Waals surface area contributed by atoms with Gasteiger partial charge in [-0.25, -0.2) is 8.78 Å². The van der Waals surface area contributed by atoms with Crippen molar-refractivity contribution in [3.05, 3.63) is 35.4 Å². The lowest BCUT2D eigenvalue weighted by Gasteiger charge is -2.33. The topological polar surface area (TPSA) is 32.3 Å². The molecule has 1 N–H and O–H groups in total. The number of amides is 1. The monoisotopic (exact) mass is 280 g/mol. The molecule has 20 heavy (non-hydrogen) atoms. The van der Waals surface area contributed by atoms with Crippen LogP contribution in [0.5, 0.6) is 0 Å². The highest BCUT2D eigenvalue weighted by molar-refractivity contribution is 5.79. The number of halogens is 2. The van der Waals surface area contributed by atoms with Crippen molar-refractivity contribution in [1.29, 1.82) is 0 Å². The molecule has 3 nitrogen and oxygen atoms in total. The van der Waals surface area contributed by atoms with E-state index in [9.17, 15) is 13.6 Å². The van der Waals surface area contributed by atoms with Gasteiger partial charge in [-0.2, -0.15) is 0 Å². The van der Waals surface area contributed by atoms with Crippen molar-refractivity contribution in [2.24, 2.45) is 5.41 Å². The van der Waals surface area contributed by atoms with Gasteiger partial charge < -0.3 is 10.2 Å². The van der Waals surface area contributed by atoms with Crippen LogP contribution in [0.2, 0.25) is 0 Å². The first-order valence-electron chi connectivity index (χ1n) is 7.00. The average Bonchev–Trinajstić information content (AvgIpc) is 2.71. The maximum atomic E-state index is 13.7. The van der Waals surface area contributed by atoms with Crippen LogP contribution in [-0.2, 0) is 11.3 Å². The van der Waals surface area contributed by atoms with E-state index >= 15 is 0 Å². The Bertz CT molecular complexity index is 527. The number of carbonyl (C=O) groups is 1. The fraction of sp³-hybridized carbons (Fsp3) is 0.533. The van der Waals surface area contributed by atoms with Crippen molar-refractivity contribution in [3.8, 4) is 0 Å². The molecular formula is C15H18F2N2O. The van der Waals surface area contributed by atoms with Crippen LogP contribution in [-0.4, -0.2) is 30.4 Å². The van der Waals surface area contributed by atoms with Gasteiger partial charge in [-0.15, -0.1) is 0 Å². The molecule has 1 aromatic carbocycles. The van der Waals surface area contributed by atoms with Gasteiger partial charge in [0.2, 0.25) is 5.91 Å². The van der Waals surface area contributed by atoms with Crippen LogP contribution in [0, 0.1) is 17.0 Å². The lowest BCUT2D eigenvalue weighted by atomic mass is 9.78. The Hall–Kier alpha value is -1.49. The van der Waals surface area contributed by atoms with Crippen molar-refractivity contribution in [2.45, 2.75) is 25.8 Å². The van der Waals surface area contributed by atoms with E-state index in [4.69, 9.17) is 0 Å². The highest BCUT2D eigenvalue weighted by atomic mass is 19.1. The summed E-state index contributed by atoms with van der Waals surface area (Å²) in [4.78, 5) is 13.8. The lowest BCUT2D eigenvalue weighted by Crippen LogP contribution is -2.38. The van der Waals surface area contributed by atoms with Gasteiger partial charge in [0.25, 0.3) is 0 Å². The zero-order chi connectivity index (χ0) is 14.2. The molecule has 108 valence electrons. The summed E-state index contributed by atoms with van der Waals surface area (Å²) < 4.78 is 26.9. The summed E-state index contributed by atoms with van der Waals surface area (Å²) in [6.07, 6.45) is 2.48. The van der Waals surface area contributed by atoms with E-state index < -0.39 is 11.6 Å². The van der Waals surface area contributed by atoms with Crippen molar-refractivity contribution in [2.75, 3.05) is 19.6 Å². The number of benzene rings is 1. The number of hydrogen-bond donors (Lipinski definition) is 1. The summed E-state index contributed by atoms with van der Waals surface area (Å²) in [7, 11) is 0. The van der Waals surface area contributed by atoms with E-state index in [0.717, 1.165) is 38.1 Å². The molecule has 0 unspecified atom stereocenters. The highest BCUT2D eigenvalue weighted by Crippen LogP contribution is 2.39. The number of nitrogens with zero attached hydrogens (tertiary/aromatic N) is 1. The van der Waals surface area contributed by atoms with Crippen LogP contribution in [0.3, 0.4) is 0 Å². The third-order valence-corrected chi connectivity index (χ3v) is 4.44. The quantitative estimate of drug-likeness (QED) is 0.899. The highest BCUT2D eigenvalue weighted by Gasteiger charge is 2.43. The van der Waals surface area contributed by atoms with Crippen molar-refractivity contribution in [1.82, 2.24) is 10.2 Å². The molecule has 1 aromatic rings. The molecule has 2 fully saturated rings. The van der Waals surface area contributed by atoms with Crippen LogP contribution in [0.1, 0.15) is 24.8 Å². The summed E-state index contributed by atoms with van der Waals surface area (Å²) in [5.41, 5.74) is 0.288. The van der Waals surface area contributed by atoms with Gasteiger partial charge in [-0.05, 0) is 49.5 Å². The molecule has 1 amide bonds. The minimum Gasteiger partial charge on any atom is -0.338 e. The van der Waals surface area contributed by atoms with E-state index in [1.807, 2.05) is 0 Å². The van der Waals surface area contributed by atoms with Gasteiger partial charge in [-0.1, -0.05) is 0 Å². The Kier molecular flexibility index (Phi) is 3.46. The number of nitrogens with one attached hydrogen (secondary N) is 1. The predicted molar refractivity (Wildman–Crippen MR) is 70.9 cm³/mol. The summed E-state index contributed by atoms with van der Waals surface area (Å²) >= 11 is 0. The molecule has 0 saturated carbocycles. The molecule has 0 atom stereocenters. The first-order valence-corrected chi connectivity index (χ1v) is 7.00. The normalized spacial score (nSPS) is 21.7. The smallest absolute Gasteiger partial charge is 0.223 e. The van der Waals surface area contributed by atoms with Gasteiger partial charge in [0.05, 0.1) is 0 Å². The molecule has 2 heterocycles. The van der Waals surface area contributed by atoms with Crippen LogP contribution in [0.15, 0.2) is 18.2 Å². The Morgan fingerprint density at radius 2 is 2.00 bits per heavy atom. The van der Waals surface area contributed by atoms with Gasteiger partial charge in [0.1, 0.15) is 11.6 Å². The number of rotatable bonds is 2. The van der Waals surface area contributed by atoms with Crippen LogP contribution >= 0.6 is 0 Å². The molecule has 0 radical (unpaired) electrons. The fourth-order valence-corrected chi connectivity index (χ4v) is 3.29. The molecule has 2 aliphatic rings. The number of piperidine rings is 1. The maximum Gasteiger partial charge on any atom is 0.223 e. The van der Waals surface area contributed by atoms with Crippen LogP contribution < -0.4 is 5.32 Å². The van der Waals surface area contributed by atoms with E-state index in [1.165, 1.54) is 6.07 Å². The zero-order valence-electron chi connectivity index (χ0n) is 11.3. The predicted octanol–water partition coefficient (Wildman–Crippen LogP) is 2.07. The van der Waals surface area contributed by atoms with Gasteiger partial charge in [0, 0.05) is 25.1 Å². The molecular weight excluding hydrogens is 262 g/mol. The second-order valence-electron chi connectivity index (χ2n) is 5.91. The molecule has 0 aliphatic carbocycles. The number of carbonyl (C=O) groups excluding carboxylic acids is 1. The van der Waals surface area contributed by atoms with Crippen LogP contribution in [0.4, 0.5) is 8.78 Å². The fourth-order valence-electron chi connectivity index (χ4n) is 3.29. The molecule has 1 spiro atoms. The third kappa shape index (κ3) is 2.54. The molecule has 2 saturated heterocycles. The Balaban J connectivity index is 1.75. The molecule has 2 aliphatic heterocycles. The molecule has 5 heteroatoms. The lowest BCUT2D eigenvalue weighted by molar-refractivity contribution is -0.128. The van der Waals surface area contributed by atoms with Crippen molar-refractivity contribution < 1.29 is 13.6 Å². The van der Waals surface area contributed by atoms with E-state index in [-0.39, 0.29) is 23.4 Å². The minimum absolute atomic E-state index is 0.0339. The van der Waals surface area contributed by atoms with Gasteiger partial charge in [0.15, 0.2) is 0 Å². The maximum absolute atomic E-state index is 13.7. The van der Waals surface area contributed by atoms with E-state index in [0.29, 0.717) is 13.0 Å². The number of likely N-dealkylation sites (tertiary alicyclic amines) is 1. The largest absolute Gasteiger partial charge is 0.338 e. The van der Waals surface area contributed by atoms with Gasteiger partial charge in [-0.3, -0.25) is 4.79 Å².